The lowest BCUT2D eigenvalue weighted by atomic mass is 9.99. The fourth-order valence-corrected chi connectivity index (χ4v) is 2.89. The molecule has 0 atom stereocenters. The molecule has 0 spiro atoms. The van der Waals surface area contributed by atoms with Gasteiger partial charge in [0.2, 0.25) is 11.8 Å². The van der Waals surface area contributed by atoms with E-state index in [0.717, 1.165) is 10.9 Å². The second-order valence-corrected chi connectivity index (χ2v) is 5.33. The SMILES string of the molecule is Nc1ccc2[nH]c3c(c2c1)C(c1[nH]c(N)nc1O)=CCNC3=O. The minimum atomic E-state index is -0.229. The topological polar surface area (TPSA) is 146 Å². The van der Waals surface area contributed by atoms with Crippen molar-refractivity contribution >= 4 is 34.0 Å². The first kappa shape index (κ1) is 13.3. The number of benzene rings is 1. The molecule has 8 N–H and O–H groups in total. The number of nitrogens with zero attached hydrogens (tertiary/aromatic N) is 1. The molecule has 1 aliphatic rings. The van der Waals surface area contributed by atoms with Crippen molar-refractivity contribution in [2.75, 3.05) is 18.0 Å². The van der Waals surface area contributed by atoms with Crippen LogP contribution in [0.3, 0.4) is 0 Å². The van der Waals surface area contributed by atoms with Crippen LogP contribution in [-0.2, 0) is 0 Å². The highest BCUT2D eigenvalue weighted by atomic mass is 16.3. The molecule has 1 aromatic carbocycles. The summed E-state index contributed by atoms with van der Waals surface area (Å²) in [5, 5.41) is 13.6. The average molecular weight is 310 g/mol. The van der Waals surface area contributed by atoms with Gasteiger partial charge in [-0.05, 0) is 18.2 Å². The Morgan fingerprint density at radius 3 is 2.74 bits per heavy atom. The predicted molar refractivity (Wildman–Crippen MR) is 86.8 cm³/mol. The van der Waals surface area contributed by atoms with Gasteiger partial charge in [-0.25, -0.2) is 0 Å². The smallest absolute Gasteiger partial charge is 0.268 e. The monoisotopic (exact) mass is 310 g/mol. The highest BCUT2D eigenvalue weighted by molar-refractivity contribution is 6.10. The first-order valence-corrected chi connectivity index (χ1v) is 6.99. The molecule has 8 nitrogen and oxygen atoms in total. The molecule has 0 radical (unpaired) electrons. The van der Waals surface area contributed by atoms with Crippen LogP contribution < -0.4 is 16.8 Å². The third-order valence-electron chi connectivity index (χ3n) is 3.86. The van der Waals surface area contributed by atoms with E-state index in [2.05, 4.69) is 20.3 Å². The van der Waals surface area contributed by atoms with E-state index < -0.39 is 0 Å². The van der Waals surface area contributed by atoms with E-state index in [0.29, 0.717) is 34.8 Å². The van der Waals surface area contributed by atoms with Gasteiger partial charge >= 0.3 is 0 Å². The largest absolute Gasteiger partial charge is 0.492 e. The number of nitrogens with two attached hydrogens (primary N) is 2. The van der Waals surface area contributed by atoms with Crippen molar-refractivity contribution in [1.29, 1.82) is 0 Å². The average Bonchev–Trinajstić information content (AvgIpc) is 2.98. The fourth-order valence-electron chi connectivity index (χ4n) is 2.89. The molecule has 0 bridgehead atoms. The Hall–Kier alpha value is -3.42. The Balaban J connectivity index is 2.07. The minimum absolute atomic E-state index is 0.0998. The van der Waals surface area contributed by atoms with Crippen molar-refractivity contribution < 1.29 is 9.90 Å². The van der Waals surface area contributed by atoms with E-state index in [1.54, 1.807) is 18.2 Å². The number of imidazole rings is 1. The Kier molecular flexibility index (Phi) is 2.61. The van der Waals surface area contributed by atoms with Gasteiger partial charge in [-0.1, -0.05) is 6.08 Å². The summed E-state index contributed by atoms with van der Waals surface area (Å²) >= 11 is 0. The Labute approximate surface area is 130 Å². The Morgan fingerprint density at radius 1 is 1.17 bits per heavy atom. The van der Waals surface area contributed by atoms with Gasteiger partial charge in [-0.2, -0.15) is 4.98 Å². The number of carbonyl (C=O) groups excluding carboxylic acids is 1. The van der Waals surface area contributed by atoms with Crippen molar-refractivity contribution in [3.63, 3.8) is 0 Å². The normalized spacial score (nSPS) is 14.3. The maximum Gasteiger partial charge on any atom is 0.268 e. The molecule has 0 saturated carbocycles. The van der Waals surface area contributed by atoms with Crippen molar-refractivity contribution in [3.8, 4) is 5.88 Å². The van der Waals surface area contributed by atoms with Crippen molar-refractivity contribution in [3.05, 3.63) is 41.2 Å². The molecular weight excluding hydrogens is 296 g/mol. The van der Waals surface area contributed by atoms with Gasteiger partial charge < -0.3 is 31.9 Å². The molecular formula is C15H14N6O2. The number of H-pyrrole nitrogens is 2. The minimum Gasteiger partial charge on any atom is -0.492 e. The van der Waals surface area contributed by atoms with E-state index in [1.807, 2.05) is 6.07 Å². The second-order valence-electron chi connectivity index (χ2n) is 5.33. The molecule has 3 aromatic rings. The molecule has 0 unspecified atom stereocenters. The molecule has 116 valence electrons. The van der Waals surface area contributed by atoms with Gasteiger partial charge in [0.25, 0.3) is 5.91 Å². The van der Waals surface area contributed by atoms with Crippen LogP contribution in [0.5, 0.6) is 5.88 Å². The van der Waals surface area contributed by atoms with Crippen molar-refractivity contribution in [2.45, 2.75) is 0 Å². The number of aromatic hydroxyl groups is 1. The van der Waals surface area contributed by atoms with Crippen LogP contribution in [-0.4, -0.2) is 32.5 Å². The standard InChI is InChI=1S/C15H14N6O2/c16-6-1-2-9-8(5-6)10-7(11-14(23)21-15(17)20-11)3-4-18-13(22)12(10)19-9/h1-3,5,19,23H,4,16H2,(H,18,22)(H3,17,20,21). The molecule has 4 rings (SSSR count). The molecule has 3 heterocycles. The molecule has 1 aliphatic heterocycles. The quantitative estimate of drug-likeness (QED) is 0.370. The zero-order valence-electron chi connectivity index (χ0n) is 12.0. The van der Waals surface area contributed by atoms with E-state index in [-0.39, 0.29) is 17.7 Å². The number of anilines is 2. The molecule has 0 saturated heterocycles. The number of amides is 1. The fraction of sp³-hybridized carbons (Fsp3) is 0.0667. The van der Waals surface area contributed by atoms with Crippen molar-refractivity contribution in [2.24, 2.45) is 0 Å². The lowest BCUT2D eigenvalue weighted by Gasteiger charge is -2.05. The summed E-state index contributed by atoms with van der Waals surface area (Å²) < 4.78 is 0. The highest BCUT2D eigenvalue weighted by Crippen LogP contribution is 2.37. The first-order chi connectivity index (χ1) is 11.0. The van der Waals surface area contributed by atoms with Crippen LogP contribution in [0.2, 0.25) is 0 Å². The summed E-state index contributed by atoms with van der Waals surface area (Å²) in [6, 6.07) is 5.35. The molecule has 8 heteroatoms. The number of nitrogen functional groups attached to an aromatic ring is 2. The molecule has 23 heavy (non-hydrogen) atoms. The van der Waals surface area contributed by atoms with E-state index >= 15 is 0 Å². The molecule has 0 aliphatic carbocycles. The second kappa shape index (κ2) is 4.54. The number of nitrogens with one attached hydrogen (secondary N) is 3. The maximum atomic E-state index is 12.3. The van der Waals surface area contributed by atoms with Gasteiger partial charge in [0, 0.05) is 34.3 Å². The lowest BCUT2D eigenvalue weighted by molar-refractivity contribution is 0.0954. The lowest BCUT2D eigenvalue weighted by Crippen LogP contribution is -2.22. The number of fused-ring (bicyclic) bond motifs is 3. The van der Waals surface area contributed by atoms with Crippen LogP contribution >= 0.6 is 0 Å². The summed E-state index contributed by atoms with van der Waals surface area (Å²) in [7, 11) is 0. The summed E-state index contributed by atoms with van der Waals surface area (Å²) in [5.74, 6) is -0.344. The van der Waals surface area contributed by atoms with E-state index in [9.17, 15) is 9.90 Å². The van der Waals surface area contributed by atoms with Crippen LogP contribution in [0, 0.1) is 0 Å². The summed E-state index contributed by atoms with van der Waals surface area (Å²) in [6.45, 7) is 0.318. The number of rotatable bonds is 1. The number of carbonyl (C=O) groups is 1. The number of aromatic nitrogens is 3. The molecule has 2 aromatic heterocycles. The highest BCUT2D eigenvalue weighted by Gasteiger charge is 2.26. The molecule has 0 fully saturated rings. The summed E-state index contributed by atoms with van der Waals surface area (Å²) in [4.78, 5) is 22.0. The van der Waals surface area contributed by atoms with Gasteiger partial charge in [0.05, 0.1) is 0 Å². The van der Waals surface area contributed by atoms with Crippen LogP contribution in [0.25, 0.3) is 16.5 Å². The first-order valence-electron chi connectivity index (χ1n) is 6.99. The number of hydrogen-bond acceptors (Lipinski definition) is 5. The van der Waals surface area contributed by atoms with Gasteiger partial charge in [0.1, 0.15) is 11.4 Å². The summed E-state index contributed by atoms with van der Waals surface area (Å²) in [5.41, 5.74) is 14.9. The zero-order chi connectivity index (χ0) is 16.1. The Bertz CT molecular complexity index is 981. The summed E-state index contributed by atoms with van der Waals surface area (Å²) in [6.07, 6.45) is 1.80. The Morgan fingerprint density at radius 2 is 2.00 bits per heavy atom. The van der Waals surface area contributed by atoms with Crippen LogP contribution in [0.1, 0.15) is 21.7 Å². The van der Waals surface area contributed by atoms with Gasteiger partial charge in [-0.3, -0.25) is 4.79 Å². The van der Waals surface area contributed by atoms with E-state index in [1.165, 1.54) is 0 Å². The zero-order valence-corrected chi connectivity index (χ0v) is 12.0. The maximum absolute atomic E-state index is 12.3. The van der Waals surface area contributed by atoms with Crippen LogP contribution in [0.15, 0.2) is 24.3 Å². The van der Waals surface area contributed by atoms with E-state index in [4.69, 9.17) is 11.5 Å². The van der Waals surface area contributed by atoms with Crippen LogP contribution in [0.4, 0.5) is 11.6 Å². The third-order valence-corrected chi connectivity index (χ3v) is 3.86. The van der Waals surface area contributed by atoms with Gasteiger partial charge in [-0.15, -0.1) is 0 Å². The molecule has 1 amide bonds. The third kappa shape index (κ3) is 1.92. The number of aromatic amines is 2. The predicted octanol–water partition coefficient (Wildman–Crippen LogP) is 0.936. The van der Waals surface area contributed by atoms with Gasteiger partial charge in [0.15, 0.2) is 0 Å². The number of hydrogen-bond donors (Lipinski definition) is 6. The van der Waals surface area contributed by atoms with Crippen molar-refractivity contribution in [1.82, 2.24) is 20.3 Å².